The highest BCUT2D eigenvalue weighted by Gasteiger charge is 2.32. The molecule has 2 N–H and O–H groups in total. The summed E-state index contributed by atoms with van der Waals surface area (Å²) in [6.45, 7) is 2.93. The largest absolute Gasteiger partial charge is 0.395 e. The quantitative estimate of drug-likeness (QED) is 0.715. The molecule has 0 fully saturated rings. The summed E-state index contributed by atoms with van der Waals surface area (Å²) in [4.78, 5) is 0. The van der Waals surface area contributed by atoms with Crippen molar-refractivity contribution in [1.82, 2.24) is 0 Å². The van der Waals surface area contributed by atoms with Crippen LogP contribution in [0, 0.1) is 0 Å². The Hall–Kier alpha value is -0.610. The van der Waals surface area contributed by atoms with Gasteiger partial charge in [0.25, 0.3) is 0 Å². The Morgan fingerprint density at radius 1 is 1.17 bits per heavy atom. The number of aliphatic hydroxyl groups is 2. The molecule has 0 atom stereocenters. The van der Waals surface area contributed by atoms with Crippen LogP contribution < -0.4 is 0 Å². The zero-order chi connectivity index (χ0) is 13.4. The van der Waals surface area contributed by atoms with E-state index in [-0.39, 0.29) is 13.2 Å². The Kier molecular flexibility index (Phi) is 6.65. The minimum atomic E-state index is -0.730. The number of hydrogen-bond donors (Lipinski definition) is 2. The van der Waals surface area contributed by atoms with Crippen molar-refractivity contribution in [2.45, 2.75) is 25.2 Å². The van der Waals surface area contributed by atoms with Gasteiger partial charge >= 0.3 is 0 Å². The lowest BCUT2D eigenvalue weighted by molar-refractivity contribution is 0.0627. The van der Waals surface area contributed by atoms with E-state index in [9.17, 15) is 10.2 Å². The fourth-order valence-corrected chi connectivity index (χ4v) is 2.25. The molecule has 102 valence electrons. The first kappa shape index (κ1) is 15.4. The van der Waals surface area contributed by atoms with Crippen molar-refractivity contribution >= 4 is 11.6 Å². The lowest BCUT2D eigenvalue weighted by Gasteiger charge is -2.31. The standard InChI is InChI=1S/C14H21ClO3/c1-2-8-18-9-7-14(10-16,11-17)12-5-3-4-6-13(12)15/h3-6,16-17H,2,7-11H2,1H3. The van der Waals surface area contributed by atoms with E-state index in [0.29, 0.717) is 24.7 Å². The minimum absolute atomic E-state index is 0.150. The number of hydrogen-bond acceptors (Lipinski definition) is 3. The molecule has 4 heteroatoms. The van der Waals surface area contributed by atoms with Crippen molar-refractivity contribution in [3.63, 3.8) is 0 Å². The van der Waals surface area contributed by atoms with Crippen LogP contribution in [0.2, 0.25) is 5.02 Å². The van der Waals surface area contributed by atoms with Crippen molar-refractivity contribution in [2.75, 3.05) is 26.4 Å². The molecule has 0 heterocycles. The zero-order valence-electron chi connectivity index (χ0n) is 10.7. The predicted octanol–water partition coefficient (Wildman–Crippen LogP) is 2.38. The van der Waals surface area contributed by atoms with Gasteiger partial charge in [-0.25, -0.2) is 0 Å². The first-order valence-corrected chi connectivity index (χ1v) is 6.62. The highest BCUT2D eigenvalue weighted by Crippen LogP contribution is 2.32. The van der Waals surface area contributed by atoms with Crippen LogP contribution in [0.1, 0.15) is 25.3 Å². The molecule has 0 aliphatic heterocycles. The van der Waals surface area contributed by atoms with Gasteiger partial charge in [-0.1, -0.05) is 36.7 Å². The van der Waals surface area contributed by atoms with Crippen LogP contribution in [0.4, 0.5) is 0 Å². The Morgan fingerprint density at radius 2 is 1.83 bits per heavy atom. The van der Waals surface area contributed by atoms with Crippen LogP contribution in [0.5, 0.6) is 0 Å². The Balaban J connectivity index is 2.83. The topological polar surface area (TPSA) is 49.7 Å². The second kappa shape index (κ2) is 7.74. The van der Waals surface area contributed by atoms with Gasteiger partial charge < -0.3 is 14.9 Å². The van der Waals surface area contributed by atoms with E-state index in [4.69, 9.17) is 16.3 Å². The van der Waals surface area contributed by atoms with E-state index in [1.807, 2.05) is 25.1 Å². The lowest BCUT2D eigenvalue weighted by atomic mass is 9.79. The molecule has 0 bridgehead atoms. The SMILES string of the molecule is CCCOCCC(CO)(CO)c1ccccc1Cl. The molecule has 0 unspecified atom stereocenters. The van der Waals surface area contributed by atoms with Crippen LogP contribution >= 0.6 is 11.6 Å². The summed E-state index contributed by atoms with van der Waals surface area (Å²) in [6, 6.07) is 7.30. The number of halogens is 1. The monoisotopic (exact) mass is 272 g/mol. The van der Waals surface area contributed by atoms with Crippen molar-refractivity contribution in [2.24, 2.45) is 0 Å². The third-order valence-corrected chi connectivity index (χ3v) is 3.45. The molecule has 0 amide bonds. The molecule has 1 aromatic carbocycles. The maximum Gasteiger partial charge on any atom is 0.0551 e. The molecule has 0 spiro atoms. The molecule has 0 aliphatic rings. The van der Waals surface area contributed by atoms with E-state index in [0.717, 1.165) is 12.0 Å². The van der Waals surface area contributed by atoms with Crippen LogP contribution in [0.25, 0.3) is 0 Å². The molecule has 0 saturated carbocycles. The molecule has 0 radical (unpaired) electrons. The van der Waals surface area contributed by atoms with E-state index in [1.54, 1.807) is 6.07 Å². The van der Waals surface area contributed by atoms with E-state index >= 15 is 0 Å². The second-order valence-corrected chi connectivity index (χ2v) is 4.85. The molecule has 0 aliphatic carbocycles. The van der Waals surface area contributed by atoms with E-state index in [2.05, 4.69) is 0 Å². The van der Waals surface area contributed by atoms with E-state index < -0.39 is 5.41 Å². The third-order valence-electron chi connectivity index (χ3n) is 3.12. The lowest BCUT2D eigenvalue weighted by Crippen LogP contribution is -2.36. The van der Waals surface area contributed by atoms with Gasteiger partial charge in [0.05, 0.1) is 13.2 Å². The van der Waals surface area contributed by atoms with Gasteiger partial charge in [0.15, 0.2) is 0 Å². The van der Waals surface area contributed by atoms with Gasteiger partial charge in [0.1, 0.15) is 0 Å². The van der Waals surface area contributed by atoms with E-state index in [1.165, 1.54) is 0 Å². The molecule has 1 aromatic rings. The molecular formula is C14H21ClO3. The smallest absolute Gasteiger partial charge is 0.0551 e. The Bertz CT molecular complexity index is 351. The summed E-state index contributed by atoms with van der Waals surface area (Å²) < 4.78 is 5.44. The maximum atomic E-state index is 9.64. The van der Waals surface area contributed by atoms with Crippen LogP contribution in [0.15, 0.2) is 24.3 Å². The summed E-state index contributed by atoms with van der Waals surface area (Å²) in [6.07, 6.45) is 1.50. The van der Waals surface area contributed by atoms with Crippen molar-refractivity contribution < 1.29 is 14.9 Å². The first-order valence-electron chi connectivity index (χ1n) is 6.24. The van der Waals surface area contributed by atoms with Crippen LogP contribution in [0.3, 0.4) is 0 Å². The highest BCUT2D eigenvalue weighted by atomic mass is 35.5. The number of rotatable bonds is 8. The summed E-state index contributed by atoms with van der Waals surface area (Å²) >= 11 is 6.14. The summed E-state index contributed by atoms with van der Waals surface area (Å²) in [5.41, 5.74) is 0.0447. The van der Waals surface area contributed by atoms with Crippen LogP contribution in [-0.2, 0) is 10.2 Å². The van der Waals surface area contributed by atoms with Crippen molar-refractivity contribution in [1.29, 1.82) is 0 Å². The molecule has 1 rings (SSSR count). The Labute approximate surface area is 113 Å². The molecule has 3 nitrogen and oxygen atoms in total. The normalized spacial score (nSPS) is 11.8. The third kappa shape index (κ3) is 3.69. The summed E-state index contributed by atoms with van der Waals surface area (Å²) in [5.74, 6) is 0. The number of aliphatic hydroxyl groups excluding tert-OH is 2. The van der Waals surface area contributed by atoms with Crippen molar-refractivity contribution in [3.05, 3.63) is 34.9 Å². The second-order valence-electron chi connectivity index (χ2n) is 4.44. The van der Waals surface area contributed by atoms with Gasteiger partial charge in [-0.2, -0.15) is 0 Å². The molecule has 0 saturated heterocycles. The van der Waals surface area contributed by atoms with Gasteiger partial charge in [0, 0.05) is 23.7 Å². The first-order chi connectivity index (χ1) is 8.70. The average Bonchev–Trinajstić information content (AvgIpc) is 2.41. The van der Waals surface area contributed by atoms with Gasteiger partial charge in [0.2, 0.25) is 0 Å². The van der Waals surface area contributed by atoms with Gasteiger partial charge in [-0.05, 0) is 24.5 Å². The highest BCUT2D eigenvalue weighted by molar-refractivity contribution is 6.31. The van der Waals surface area contributed by atoms with Crippen molar-refractivity contribution in [3.8, 4) is 0 Å². The average molecular weight is 273 g/mol. The maximum absolute atomic E-state index is 9.64. The van der Waals surface area contributed by atoms with Gasteiger partial charge in [-0.3, -0.25) is 0 Å². The molecule has 18 heavy (non-hydrogen) atoms. The predicted molar refractivity (Wildman–Crippen MR) is 73.0 cm³/mol. The molecular weight excluding hydrogens is 252 g/mol. The number of benzene rings is 1. The summed E-state index contributed by atoms with van der Waals surface area (Å²) in [5, 5.41) is 19.8. The Morgan fingerprint density at radius 3 is 2.39 bits per heavy atom. The fraction of sp³-hybridized carbons (Fsp3) is 0.571. The fourth-order valence-electron chi connectivity index (χ4n) is 1.92. The number of ether oxygens (including phenoxy) is 1. The van der Waals surface area contributed by atoms with Gasteiger partial charge in [-0.15, -0.1) is 0 Å². The summed E-state index contributed by atoms with van der Waals surface area (Å²) in [7, 11) is 0. The minimum Gasteiger partial charge on any atom is -0.395 e. The molecule has 0 aromatic heterocycles. The zero-order valence-corrected chi connectivity index (χ0v) is 11.5. The van der Waals surface area contributed by atoms with Crippen LogP contribution in [-0.4, -0.2) is 36.6 Å².